The van der Waals surface area contributed by atoms with E-state index in [0.717, 1.165) is 19.1 Å². The van der Waals surface area contributed by atoms with E-state index in [-0.39, 0.29) is 17.8 Å². The first kappa shape index (κ1) is 14.3. The van der Waals surface area contributed by atoms with Crippen molar-refractivity contribution < 1.29 is 18.7 Å². The molecule has 1 aromatic rings. The van der Waals surface area contributed by atoms with Crippen LogP contribution in [0, 0.1) is 5.92 Å². The molecule has 0 aromatic carbocycles. The van der Waals surface area contributed by atoms with Crippen LogP contribution in [-0.2, 0) is 9.53 Å². The molecule has 6 heteroatoms. The predicted octanol–water partition coefficient (Wildman–Crippen LogP) is 1.06. The highest BCUT2D eigenvalue weighted by Crippen LogP contribution is 2.19. The Hall–Kier alpha value is -2.11. The van der Waals surface area contributed by atoms with Crippen LogP contribution in [0.3, 0.4) is 0 Å². The van der Waals surface area contributed by atoms with Gasteiger partial charge in [0.2, 0.25) is 0 Å². The van der Waals surface area contributed by atoms with E-state index in [1.807, 2.05) is 0 Å². The van der Waals surface area contributed by atoms with Crippen LogP contribution >= 0.6 is 0 Å². The molecular weight excluding hydrogens is 262 g/mol. The predicted molar refractivity (Wildman–Crippen MR) is 70.2 cm³/mol. The van der Waals surface area contributed by atoms with Gasteiger partial charge in [0.25, 0.3) is 5.91 Å². The highest BCUT2D eigenvalue weighted by atomic mass is 16.5. The topological polar surface area (TPSA) is 76.8 Å². The number of esters is 1. The second-order valence-electron chi connectivity index (χ2n) is 4.69. The molecule has 1 atom stereocenters. The minimum atomic E-state index is -0.496. The molecule has 108 valence electrons. The van der Waals surface area contributed by atoms with E-state index in [9.17, 15) is 14.4 Å². The van der Waals surface area contributed by atoms with Gasteiger partial charge in [-0.3, -0.25) is 9.59 Å². The molecule has 0 bridgehead atoms. The van der Waals surface area contributed by atoms with Gasteiger partial charge in [0, 0.05) is 19.2 Å². The standard InChI is InChI=1S/C14H17NO5/c1-2-19-14(18)10-4-3-7-15(8-10)13(17)11-5-6-12(16)20-9-11/h5-6,9-10H,2-4,7-8H2,1H3. The maximum Gasteiger partial charge on any atom is 0.335 e. The lowest BCUT2D eigenvalue weighted by molar-refractivity contribution is -0.149. The molecule has 0 N–H and O–H groups in total. The van der Waals surface area contributed by atoms with Gasteiger partial charge < -0.3 is 14.1 Å². The molecule has 1 aliphatic rings. The monoisotopic (exact) mass is 279 g/mol. The molecule has 0 spiro atoms. The van der Waals surface area contributed by atoms with E-state index in [0.29, 0.717) is 25.3 Å². The molecule has 1 unspecified atom stereocenters. The molecule has 2 heterocycles. The van der Waals surface area contributed by atoms with Gasteiger partial charge in [0.15, 0.2) is 0 Å². The highest BCUT2D eigenvalue weighted by Gasteiger charge is 2.29. The fourth-order valence-electron chi connectivity index (χ4n) is 2.28. The van der Waals surface area contributed by atoms with E-state index in [4.69, 9.17) is 4.74 Å². The van der Waals surface area contributed by atoms with Crippen LogP contribution in [0.1, 0.15) is 30.1 Å². The molecule has 6 nitrogen and oxygen atoms in total. The number of piperidine rings is 1. The Kier molecular flexibility index (Phi) is 4.55. The summed E-state index contributed by atoms with van der Waals surface area (Å²) in [6.45, 7) is 3.04. The van der Waals surface area contributed by atoms with Gasteiger partial charge in [-0.15, -0.1) is 0 Å². The number of amides is 1. The van der Waals surface area contributed by atoms with Crippen molar-refractivity contribution in [3.05, 3.63) is 34.4 Å². The van der Waals surface area contributed by atoms with Gasteiger partial charge in [0.05, 0.1) is 18.1 Å². The summed E-state index contributed by atoms with van der Waals surface area (Å²) >= 11 is 0. The highest BCUT2D eigenvalue weighted by molar-refractivity contribution is 5.94. The maximum absolute atomic E-state index is 12.2. The van der Waals surface area contributed by atoms with E-state index in [2.05, 4.69) is 4.42 Å². The van der Waals surface area contributed by atoms with Gasteiger partial charge in [-0.2, -0.15) is 0 Å². The fourth-order valence-corrected chi connectivity index (χ4v) is 2.28. The van der Waals surface area contributed by atoms with Gasteiger partial charge in [-0.05, 0) is 25.8 Å². The Labute approximate surface area is 116 Å². The Morgan fingerprint density at radius 3 is 2.90 bits per heavy atom. The number of carbonyl (C=O) groups excluding carboxylic acids is 2. The van der Waals surface area contributed by atoms with Gasteiger partial charge in [-0.1, -0.05) is 0 Å². The normalized spacial score (nSPS) is 18.6. The molecule has 20 heavy (non-hydrogen) atoms. The summed E-state index contributed by atoms with van der Waals surface area (Å²) < 4.78 is 9.68. The Bertz CT molecular complexity index is 530. The van der Waals surface area contributed by atoms with Crippen LogP contribution in [0.2, 0.25) is 0 Å². The zero-order chi connectivity index (χ0) is 14.5. The van der Waals surface area contributed by atoms with E-state index in [1.54, 1.807) is 11.8 Å². The number of carbonyl (C=O) groups is 2. The summed E-state index contributed by atoms with van der Waals surface area (Å²) in [4.78, 5) is 36.5. The number of nitrogens with zero attached hydrogens (tertiary/aromatic N) is 1. The van der Waals surface area contributed by atoms with Crippen LogP contribution in [0.15, 0.2) is 27.6 Å². The van der Waals surface area contributed by atoms with Crippen LogP contribution in [0.5, 0.6) is 0 Å². The minimum absolute atomic E-state index is 0.234. The SMILES string of the molecule is CCOC(=O)C1CCCN(C(=O)c2ccc(=O)oc2)C1. The van der Waals surface area contributed by atoms with Crippen molar-refractivity contribution in [1.82, 2.24) is 4.90 Å². The Morgan fingerprint density at radius 2 is 2.25 bits per heavy atom. The lowest BCUT2D eigenvalue weighted by Gasteiger charge is -2.31. The number of hydrogen-bond acceptors (Lipinski definition) is 5. The molecular formula is C14H17NO5. The number of likely N-dealkylation sites (tertiary alicyclic amines) is 1. The van der Waals surface area contributed by atoms with Gasteiger partial charge in [-0.25, -0.2) is 4.79 Å². The maximum atomic E-state index is 12.2. The lowest BCUT2D eigenvalue weighted by Crippen LogP contribution is -2.42. The minimum Gasteiger partial charge on any atom is -0.466 e. The van der Waals surface area contributed by atoms with Crippen LogP contribution < -0.4 is 5.63 Å². The largest absolute Gasteiger partial charge is 0.466 e. The Morgan fingerprint density at radius 1 is 1.45 bits per heavy atom. The quantitative estimate of drug-likeness (QED) is 0.773. The second-order valence-corrected chi connectivity index (χ2v) is 4.69. The number of ether oxygens (including phenoxy) is 1. The molecule has 1 fully saturated rings. The van der Waals surface area contributed by atoms with Crippen molar-refractivity contribution in [2.24, 2.45) is 5.92 Å². The smallest absolute Gasteiger partial charge is 0.335 e. The summed E-state index contributed by atoms with van der Waals surface area (Å²) in [6, 6.07) is 2.64. The molecule has 1 saturated heterocycles. The molecule has 1 aromatic heterocycles. The first-order valence-corrected chi connectivity index (χ1v) is 6.66. The van der Waals surface area contributed by atoms with E-state index < -0.39 is 5.63 Å². The van der Waals surface area contributed by atoms with Gasteiger partial charge >= 0.3 is 11.6 Å². The van der Waals surface area contributed by atoms with Crippen molar-refractivity contribution >= 4 is 11.9 Å². The zero-order valence-corrected chi connectivity index (χ0v) is 11.3. The molecule has 1 amide bonds. The third-order valence-electron chi connectivity index (χ3n) is 3.28. The summed E-state index contributed by atoms with van der Waals surface area (Å²) in [5, 5.41) is 0. The van der Waals surface area contributed by atoms with E-state index in [1.165, 1.54) is 12.1 Å². The summed E-state index contributed by atoms with van der Waals surface area (Å²) in [5.74, 6) is -0.768. The Balaban J connectivity index is 2.04. The van der Waals surface area contributed by atoms with Crippen LogP contribution in [-0.4, -0.2) is 36.5 Å². The van der Waals surface area contributed by atoms with Crippen molar-refractivity contribution in [1.29, 1.82) is 0 Å². The molecule has 0 saturated carbocycles. The van der Waals surface area contributed by atoms with E-state index >= 15 is 0 Å². The third-order valence-corrected chi connectivity index (χ3v) is 3.28. The molecule has 0 aliphatic carbocycles. The molecule has 2 rings (SSSR count). The van der Waals surface area contributed by atoms with Gasteiger partial charge in [0.1, 0.15) is 6.26 Å². The zero-order valence-electron chi connectivity index (χ0n) is 11.3. The fraction of sp³-hybridized carbons (Fsp3) is 0.500. The number of rotatable bonds is 3. The molecule has 1 aliphatic heterocycles. The summed E-state index contributed by atoms with van der Waals surface area (Å²) in [6.07, 6.45) is 2.64. The van der Waals surface area contributed by atoms with Crippen molar-refractivity contribution in [3.63, 3.8) is 0 Å². The average molecular weight is 279 g/mol. The van der Waals surface area contributed by atoms with Crippen molar-refractivity contribution in [2.45, 2.75) is 19.8 Å². The average Bonchev–Trinajstić information content (AvgIpc) is 2.48. The lowest BCUT2D eigenvalue weighted by atomic mass is 9.97. The molecule has 0 radical (unpaired) electrons. The summed E-state index contributed by atoms with van der Waals surface area (Å²) in [5.41, 5.74) is -0.182. The third kappa shape index (κ3) is 3.26. The number of hydrogen-bond donors (Lipinski definition) is 0. The van der Waals surface area contributed by atoms with Crippen LogP contribution in [0.4, 0.5) is 0 Å². The van der Waals surface area contributed by atoms with Crippen molar-refractivity contribution in [3.8, 4) is 0 Å². The van der Waals surface area contributed by atoms with Crippen molar-refractivity contribution in [2.75, 3.05) is 19.7 Å². The summed E-state index contributed by atoms with van der Waals surface area (Å²) in [7, 11) is 0. The van der Waals surface area contributed by atoms with Crippen LogP contribution in [0.25, 0.3) is 0 Å². The first-order valence-electron chi connectivity index (χ1n) is 6.66. The first-order chi connectivity index (χ1) is 9.61. The second kappa shape index (κ2) is 6.36.